The zero-order valence-electron chi connectivity index (χ0n) is 7.81. The van der Waals surface area contributed by atoms with Crippen LogP contribution in [0.5, 0.6) is 0 Å². The van der Waals surface area contributed by atoms with Gasteiger partial charge >= 0.3 is 0 Å². The van der Waals surface area contributed by atoms with Crippen molar-refractivity contribution in [2.75, 3.05) is 6.54 Å². The van der Waals surface area contributed by atoms with Crippen LogP contribution in [-0.4, -0.2) is 6.54 Å². The molecule has 0 saturated heterocycles. The molecular weight excluding hydrogens is 182 g/mol. The highest BCUT2D eigenvalue weighted by molar-refractivity contribution is 6.31. The maximum absolute atomic E-state index is 6.14. The predicted octanol–water partition coefficient (Wildman–Crippen LogP) is 2.64. The van der Waals surface area contributed by atoms with Crippen molar-refractivity contribution in [2.24, 2.45) is 5.73 Å². The molecule has 0 heterocycles. The van der Waals surface area contributed by atoms with Gasteiger partial charge in [0.05, 0.1) is 0 Å². The molecule has 2 heteroatoms. The second kappa shape index (κ2) is 3.00. The molecule has 1 aliphatic rings. The van der Waals surface area contributed by atoms with Crippen molar-refractivity contribution in [1.82, 2.24) is 0 Å². The van der Waals surface area contributed by atoms with Crippen molar-refractivity contribution in [3.05, 3.63) is 34.3 Å². The van der Waals surface area contributed by atoms with Crippen molar-refractivity contribution in [1.29, 1.82) is 0 Å². The van der Waals surface area contributed by atoms with Crippen LogP contribution in [0.15, 0.2) is 18.2 Å². The van der Waals surface area contributed by atoms with Gasteiger partial charge in [-0.05, 0) is 31.4 Å². The molecule has 70 valence electrons. The van der Waals surface area contributed by atoms with Crippen LogP contribution >= 0.6 is 11.6 Å². The van der Waals surface area contributed by atoms with Gasteiger partial charge in [-0.1, -0.05) is 29.3 Å². The summed E-state index contributed by atoms with van der Waals surface area (Å²) in [5.41, 5.74) is 8.48. The number of hydrogen-bond donors (Lipinski definition) is 1. The van der Waals surface area contributed by atoms with Gasteiger partial charge in [0.25, 0.3) is 0 Å². The summed E-state index contributed by atoms with van der Waals surface area (Å²) in [5, 5.41) is 0.869. The summed E-state index contributed by atoms with van der Waals surface area (Å²) in [6, 6.07) is 6.18. The Morgan fingerprint density at radius 3 is 2.69 bits per heavy atom. The van der Waals surface area contributed by atoms with Crippen LogP contribution in [0.2, 0.25) is 5.02 Å². The fourth-order valence-electron chi connectivity index (χ4n) is 1.78. The zero-order chi connectivity index (χ0) is 9.47. The number of rotatable bonds is 2. The summed E-state index contributed by atoms with van der Waals surface area (Å²) in [5.74, 6) is 0. The van der Waals surface area contributed by atoms with Gasteiger partial charge in [-0.3, -0.25) is 0 Å². The van der Waals surface area contributed by atoms with Gasteiger partial charge in [0.2, 0.25) is 0 Å². The van der Waals surface area contributed by atoms with E-state index in [1.165, 1.54) is 24.0 Å². The Labute approximate surface area is 83.9 Å². The Morgan fingerprint density at radius 1 is 1.46 bits per heavy atom. The Bertz CT molecular complexity index is 329. The molecule has 1 aromatic rings. The fraction of sp³-hybridized carbons (Fsp3) is 0.455. The first-order chi connectivity index (χ1) is 6.18. The molecule has 0 atom stereocenters. The van der Waals surface area contributed by atoms with Gasteiger partial charge in [0, 0.05) is 17.0 Å². The lowest BCUT2D eigenvalue weighted by Crippen LogP contribution is -2.20. The lowest BCUT2D eigenvalue weighted by Gasteiger charge is -2.15. The molecule has 13 heavy (non-hydrogen) atoms. The molecule has 0 aromatic heterocycles. The summed E-state index contributed by atoms with van der Waals surface area (Å²) >= 11 is 6.14. The molecule has 1 saturated carbocycles. The molecule has 1 aromatic carbocycles. The van der Waals surface area contributed by atoms with Gasteiger partial charge in [-0.25, -0.2) is 0 Å². The van der Waals surface area contributed by atoms with Crippen LogP contribution in [0.4, 0.5) is 0 Å². The highest BCUT2D eigenvalue weighted by atomic mass is 35.5. The standard InChI is InChI=1S/C11H14ClN/c1-8-2-3-10(12)9(6-8)11(7-13)4-5-11/h2-3,6H,4-5,7,13H2,1H3. The number of aryl methyl sites for hydroxylation is 1. The molecule has 0 aliphatic heterocycles. The first-order valence-corrected chi connectivity index (χ1v) is 5.02. The Kier molecular flexibility index (Phi) is 2.09. The van der Waals surface area contributed by atoms with Crippen molar-refractivity contribution < 1.29 is 0 Å². The third-order valence-electron chi connectivity index (χ3n) is 2.94. The van der Waals surface area contributed by atoms with E-state index in [0.29, 0.717) is 0 Å². The Morgan fingerprint density at radius 2 is 2.15 bits per heavy atom. The van der Waals surface area contributed by atoms with Gasteiger partial charge in [-0.2, -0.15) is 0 Å². The van der Waals surface area contributed by atoms with Crippen LogP contribution in [-0.2, 0) is 5.41 Å². The van der Waals surface area contributed by atoms with Crippen molar-refractivity contribution in [3.8, 4) is 0 Å². The summed E-state index contributed by atoms with van der Waals surface area (Å²) in [4.78, 5) is 0. The fourth-order valence-corrected chi connectivity index (χ4v) is 2.10. The first kappa shape index (κ1) is 9.04. The van der Waals surface area contributed by atoms with Gasteiger partial charge in [0.15, 0.2) is 0 Å². The van der Waals surface area contributed by atoms with Gasteiger partial charge < -0.3 is 5.73 Å². The van der Waals surface area contributed by atoms with E-state index in [-0.39, 0.29) is 5.41 Å². The second-order valence-corrected chi connectivity index (χ2v) is 4.37. The summed E-state index contributed by atoms with van der Waals surface area (Å²) in [6.07, 6.45) is 2.37. The topological polar surface area (TPSA) is 26.0 Å². The highest BCUT2D eigenvalue weighted by Crippen LogP contribution is 2.49. The smallest absolute Gasteiger partial charge is 0.0444 e. The largest absolute Gasteiger partial charge is 0.330 e. The molecule has 1 aliphatic carbocycles. The zero-order valence-corrected chi connectivity index (χ0v) is 8.56. The molecule has 1 fully saturated rings. The average molecular weight is 196 g/mol. The molecule has 0 bridgehead atoms. The average Bonchev–Trinajstić information content (AvgIpc) is 2.90. The van der Waals surface area contributed by atoms with Crippen molar-refractivity contribution in [3.63, 3.8) is 0 Å². The van der Waals surface area contributed by atoms with E-state index in [1.54, 1.807) is 0 Å². The molecular formula is C11H14ClN. The molecule has 2 N–H and O–H groups in total. The Balaban J connectivity index is 2.44. The highest BCUT2D eigenvalue weighted by Gasteiger charge is 2.44. The second-order valence-electron chi connectivity index (χ2n) is 3.97. The van der Waals surface area contributed by atoms with Crippen LogP contribution in [0.3, 0.4) is 0 Å². The van der Waals surface area contributed by atoms with E-state index >= 15 is 0 Å². The van der Waals surface area contributed by atoms with E-state index in [2.05, 4.69) is 13.0 Å². The predicted molar refractivity (Wildman–Crippen MR) is 56.2 cm³/mol. The van der Waals surface area contributed by atoms with E-state index in [9.17, 15) is 0 Å². The van der Waals surface area contributed by atoms with Crippen LogP contribution in [0.1, 0.15) is 24.0 Å². The van der Waals surface area contributed by atoms with Crippen LogP contribution < -0.4 is 5.73 Å². The summed E-state index contributed by atoms with van der Waals surface area (Å²) in [6.45, 7) is 2.81. The number of nitrogens with two attached hydrogens (primary N) is 1. The third-order valence-corrected chi connectivity index (χ3v) is 3.27. The minimum absolute atomic E-state index is 0.211. The summed E-state index contributed by atoms with van der Waals surface area (Å²) < 4.78 is 0. The first-order valence-electron chi connectivity index (χ1n) is 4.65. The molecule has 2 rings (SSSR count). The monoisotopic (exact) mass is 195 g/mol. The lowest BCUT2D eigenvalue weighted by molar-refractivity contribution is 0.704. The minimum Gasteiger partial charge on any atom is -0.330 e. The van der Waals surface area contributed by atoms with E-state index in [0.717, 1.165) is 11.6 Å². The normalized spacial score (nSPS) is 18.7. The van der Waals surface area contributed by atoms with E-state index in [4.69, 9.17) is 17.3 Å². The van der Waals surface area contributed by atoms with Crippen molar-refractivity contribution in [2.45, 2.75) is 25.2 Å². The quantitative estimate of drug-likeness (QED) is 0.772. The maximum atomic E-state index is 6.14. The number of halogens is 1. The summed E-state index contributed by atoms with van der Waals surface area (Å²) in [7, 11) is 0. The molecule has 0 unspecified atom stereocenters. The Hall–Kier alpha value is -0.530. The van der Waals surface area contributed by atoms with Crippen LogP contribution in [0, 0.1) is 6.92 Å². The van der Waals surface area contributed by atoms with Crippen molar-refractivity contribution >= 4 is 11.6 Å². The maximum Gasteiger partial charge on any atom is 0.0444 e. The number of benzene rings is 1. The lowest BCUT2D eigenvalue weighted by atomic mass is 9.95. The minimum atomic E-state index is 0.211. The van der Waals surface area contributed by atoms with Gasteiger partial charge in [0.1, 0.15) is 0 Å². The molecule has 0 amide bonds. The van der Waals surface area contributed by atoms with Crippen LogP contribution in [0.25, 0.3) is 0 Å². The molecule has 1 nitrogen and oxygen atoms in total. The SMILES string of the molecule is Cc1ccc(Cl)c(C2(CN)CC2)c1. The third kappa shape index (κ3) is 1.47. The molecule has 0 radical (unpaired) electrons. The van der Waals surface area contributed by atoms with Gasteiger partial charge in [-0.15, -0.1) is 0 Å². The molecule has 0 spiro atoms. The van der Waals surface area contributed by atoms with E-state index in [1.807, 2.05) is 12.1 Å². The van der Waals surface area contributed by atoms with E-state index < -0.39 is 0 Å². The number of hydrogen-bond acceptors (Lipinski definition) is 1.